The molecule has 2 aliphatic heterocycles. The Morgan fingerprint density at radius 2 is 1.92 bits per heavy atom. The van der Waals surface area contributed by atoms with Crippen LogP contribution in [0.3, 0.4) is 0 Å². The monoisotopic (exact) mass is 168 g/mol. The molecule has 12 heavy (non-hydrogen) atoms. The normalized spacial score (nSPS) is 33.2. The lowest BCUT2D eigenvalue weighted by atomic mass is 10.1. The minimum absolute atomic E-state index is 0.966. The molecule has 0 aromatic carbocycles. The topological polar surface area (TPSA) is 6.48 Å². The summed E-state index contributed by atoms with van der Waals surface area (Å²) < 4.78 is 0. The van der Waals surface area contributed by atoms with Gasteiger partial charge in [0.05, 0.1) is 0 Å². The molecule has 0 N–H and O–H groups in total. The zero-order valence-corrected chi connectivity index (χ0v) is 8.13. The van der Waals surface area contributed by atoms with Crippen molar-refractivity contribution in [3.05, 3.63) is 0 Å². The molecule has 0 amide bonds. The molecule has 2 nitrogen and oxygen atoms in total. The van der Waals surface area contributed by atoms with Crippen LogP contribution < -0.4 is 0 Å². The van der Waals surface area contributed by atoms with Crippen molar-refractivity contribution in [3.8, 4) is 0 Å². The Bertz CT molecular complexity index is 141. The lowest BCUT2D eigenvalue weighted by Gasteiger charge is -2.19. The molecule has 2 aliphatic rings. The lowest BCUT2D eigenvalue weighted by molar-refractivity contribution is 0.275. The van der Waals surface area contributed by atoms with E-state index in [4.69, 9.17) is 0 Å². The van der Waals surface area contributed by atoms with E-state index < -0.39 is 0 Å². The van der Waals surface area contributed by atoms with Crippen LogP contribution in [0.4, 0.5) is 0 Å². The van der Waals surface area contributed by atoms with Gasteiger partial charge in [0.25, 0.3) is 0 Å². The standard InChI is InChI=1S/C10H20N2/c1-11-7-4-10(8-11)9-12-5-2-3-6-12/h10H,2-9H2,1H3/t10-/m1/s1. The van der Waals surface area contributed by atoms with Gasteiger partial charge in [0, 0.05) is 13.1 Å². The number of likely N-dealkylation sites (tertiary alicyclic amines) is 2. The molecule has 2 saturated heterocycles. The van der Waals surface area contributed by atoms with Crippen molar-refractivity contribution in [1.82, 2.24) is 9.80 Å². The van der Waals surface area contributed by atoms with Crippen LogP contribution in [0.1, 0.15) is 19.3 Å². The number of hydrogen-bond acceptors (Lipinski definition) is 2. The fraction of sp³-hybridized carbons (Fsp3) is 1.00. The number of hydrogen-bond donors (Lipinski definition) is 0. The Kier molecular flexibility index (Phi) is 2.66. The Labute approximate surface area is 75.5 Å². The van der Waals surface area contributed by atoms with Gasteiger partial charge in [-0.15, -0.1) is 0 Å². The second-order valence-electron chi connectivity index (χ2n) is 4.42. The molecule has 1 atom stereocenters. The van der Waals surface area contributed by atoms with E-state index in [2.05, 4.69) is 16.8 Å². The van der Waals surface area contributed by atoms with Gasteiger partial charge in [0.1, 0.15) is 0 Å². The molecule has 2 fully saturated rings. The molecule has 2 rings (SSSR count). The number of nitrogens with zero attached hydrogens (tertiary/aromatic N) is 2. The van der Waals surface area contributed by atoms with Gasteiger partial charge in [0.2, 0.25) is 0 Å². The smallest absolute Gasteiger partial charge is 0.00224 e. The van der Waals surface area contributed by atoms with Crippen LogP contribution >= 0.6 is 0 Å². The molecule has 0 radical (unpaired) electrons. The summed E-state index contributed by atoms with van der Waals surface area (Å²) in [7, 11) is 2.24. The van der Waals surface area contributed by atoms with Gasteiger partial charge in [0.15, 0.2) is 0 Å². The lowest BCUT2D eigenvalue weighted by Crippen LogP contribution is -2.28. The summed E-state index contributed by atoms with van der Waals surface area (Å²) in [6, 6.07) is 0. The van der Waals surface area contributed by atoms with Crippen LogP contribution in [0, 0.1) is 5.92 Å². The second-order valence-corrected chi connectivity index (χ2v) is 4.42. The summed E-state index contributed by atoms with van der Waals surface area (Å²) in [4.78, 5) is 5.10. The zero-order chi connectivity index (χ0) is 8.39. The second kappa shape index (κ2) is 3.75. The molecule has 0 aromatic rings. The summed E-state index contributed by atoms with van der Waals surface area (Å²) in [5, 5.41) is 0. The molecule has 0 aliphatic carbocycles. The van der Waals surface area contributed by atoms with Crippen LogP contribution in [-0.4, -0.2) is 49.6 Å². The molecule has 70 valence electrons. The van der Waals surface area contributed by atoms with Crippen LogP contribution in [0.25, 0.3) is 0 Å². The van der Waals surface area contributed by atoms with Gasteiger partial charge in [-0.3, -0.25) is 0 Å². The first-order chi connectivity index (χ1) is 5.84. The first-order valence-corrected chi connectivity index (χ1v) is 5.25. The third-order valence-corrected chi connectivity index (χ3v) is 3.20. The van der Waals surface area contributed by atoms with Gasteiger partial charge in [-0.1, -0.05) is 0 Å². The minimum Gasteiger partial charge on any atom is -0.306 e. The highest BCUT2D eigenvalue weighted by Gasteiger charge is 2.22. The van der Waals surface area contributed by atoms with Gasteiger partial charge < -0.3 is 9.80 Å². The highest BCUT2D eigenvalue weighted by atomic mass is 15.2. The van der Waals surface area contributed by atoms with Crippen LogP contribution in [0.5, 0.6) is 0 Å². The maximum Gasteiger partial charge on any atom is 0.00224 e. The van der Waals surface area contributed by atoms with Crippen molar-refractivity contribution in [2.75, 3.05) is 39.8 Å². The van der Waals surface area contributed by atoms with Gasteiger partial charge in [-0.05, 0) is 51.9 Å². The van der Waals surface area contributed by atoms with Gasteiger partial charge in [-0.2, -0.15) is 0 Å². The average molecular weight is 168 g/mol. The zero-order valence-electron chi connectivity index (χ0n) is 8.13. The molecule has 0 unspecified atom stereocenters. The summed E-state index contributed by atoms with van der Waals surface area (Å²) >= 11 is 0. The Morgan fingerprint density at radius 1 is 1.17 bits per heavy atom. The highest BCUT2D eigenvalue weighted by Crippen LogP contribution is 2.18. The Hall–Kier alpha value is -0.0800. The molecule has 2 heterocycles. The quantitative estimate of drug-likeness (QED) is 0.608. The van der Waals surface area contributed by atoms with E-state index in [1.54, 1.807) is 0 Å². The maximum atomic E-state index is 2.64. The Balaban J connectivity index is 1.72. The summed E-state index contributed by atoms with van der Waals surface area (Å²) in [5.74, 6) is 0.966. The van der Waals surface area contributed by atoms with E-state index in [1.165, 1.54) is 52.0 Å². The first kappa shape index (κ1) is 8.52. The van der Waals surface area contributed by atoms with Crippen molar-refractivity contribution in [3.63, 3.8) is 0 Å². The van der Waals surface area contributed by atoms with Crippen molar-refractivity contribution in [2.24, 2.45) is 5.92 Å². The Morgan fingerprint density at radius 3 is 2.50 bits per heavy atom. The summed E-state index contributed by atoms with van der Waals surface area (Å²) in [5.41, 5.74) is 0. The van der Waals surface area contributed by atoms with Gasteiger partial charge in [-0.25, -0.2) is 0 Å². The van der Waals surface area contributed by atoms with Crippen LogP contribution in [0.2, 0.25) is 0 Å². The minimum atomic E-state index is 0.966. The van der Waals surface area contributed by atoms with Crippen molar-refractivity contribution in [2.45, 2.75) is 19.3 Å². The molecule has 0 aromatic heterocycles. The van der Waals surface area contributed by atoms with Crippen molar-refractivity contribution < 1.29 is 0 Å². The van der Waals surface area contributed by atoms with Crippen molar-refractivity contribution >= 4 is 0 Å². The molecular weight excluding hydrogens is 148 g/mol. The highest BCUT2D eigenvalue weighted by molar-refractivity contribution is 4.77. The largest absolute Gasteiger partial charge is 0.306 e. The predicted molar refractivity (Wildman–Crippen MR) is 51.3 cm³/mol. The van der Waals surface area contributed by atoms with E-state index in [0.717, 1.165) is 5.92 Å². The van der Waals surface area contributed by atoms with Crippen LogP contribution in [-0.2, 0) is 0 Å². The fourth-order valence-electron chi connectivity index (χ4n) is 2.51. The summed E-state index contributed by atoms with van der Waals surface area (Å²) in [6.45, 7) is 6.74. The van der Waals surface area contributed by atoms with E-state index in [-0.39, 0.29) is 0 Å². The molecule has 0 spiro atoms. The van der Waals surface area contributed by atoms with Crippen LogP contribution in [0.15, 0.2) is 0 Å². The first-order valence-electron chi connectivity index (χ1n) is 5.25. The van der Waals surface area contributed by atoms with Crippen molar-refractivity contribution in [1.29, 1.82) is 0 Å². The molecular formula is C10H20N2. The number of rotatable bonds is 2. The maximum absolute atomic E-state index is 2.64. The third kappa shape index (κ3) is 1.99. The van der Waals surface area contributed by atoms with E-state index >= 15 is 0 Å². The SMILES string of the molecule is CN1CC[C@@H](CN2CCCC2)C1. The average Bonchev–Trinajstić information content (AvgIpc) is 2.63. The summed E-state index contributed by atoms with van der Waals surface area (Å²) in [6.07, 6.45) is 4.29. The predicted octanol–water partition coefficient (Wildman–Crippen LogP) is 1.03. The van der Waals surface area contributed by atoms with Gasteiger partial charge >= 0.3 is 0 Å². The molecule has 0 bridgehead atoms. The van der Waals surface area contributed by atoms with E-state index in [0.29, 0.717) is 0 Å². The fourth-order valence-corrected chi connectivity index (χ4v) is 2.51. The third-order valence-electron chi connectivity index (χ3n) is 3.20. The molecule has 0 saturated carbocycles. The van der Waals surface area contributed by atoms with E-state index in [9.17, 15) is 0 Å². The van der Waals surface area contributed by atoms with E-state index in [1.807, 2.05) is 0 Å². The molecule has 2 heteroatoms.